The molecule has 0 aliphatic rings. The number of aliphatic hydroxyl groups excluding tert-OH is 1. The normalized spacial score (nSPS) is 10.6. The lowest BCUT2D eigenvalue weighted by atomic mass is 10.2. The van der Waals surface area contributed by atoms with Crippen LogP contribution in [-0.2, 0) is 6.61 Å². The highest BCUT2D eigenvalue weighted by Gasteiger charge is 2.07. The number of aromatic amines is 1. The third-order valence-electron chi connectivity index (χ3n) is 1.99. The van der Waals surface area contributed by atoms with Crippen LogP contribution in [0, 0.1) is 0 Å². The molecule has 78 valence electrons. The number of H-pyrrole nitrogens is 1. The number of halogens is 2. The van der Waals surface area contributed by atoms with Crippen molar-refractivity contribution in [2.45, 2.75) is 6.61 Å². The van der Waals surface area contributed by atoms with E-state index in [2.05, 4.69) is 25.9 Å². The number of hydrogen-bond donors (Lipinski definition) is 2. The minimum absolute atomic E-state index is 0.0544. The van der Waals surface area contributed by atoms with Crippen molar-refractivity contribution in [2.75, 3.05) is 0 Å². The van der Waals surface area contributed by atoms with Gasteiger partial charge in [-0.1, -0.05) is 27.5 Å². The van der Waals surface area contributed by atoms with Gasteiger partial charge >= 0.3 is 0 Å². The van der Waals surface area contributed by atoms with E-state index in [1.54, 1.807) is 12.3 Å². The van der Waals surface area contributed by atoms with Crippen LogP contribution in [0.1, 0.15) is 5.69 Å². The van der Waals surface area contributed by atoms with Gasteiger partial charge in [0.2, 0.25) is 0 Å². The number of rotatable bonds is 2. The first kappa shape index (κ1) is 10.7. The average molecular weight is 288 g/mol. The maximum absolute atomic E-state index is 8.90. The van der Waals surface area contributed by atoms with Gasteiger partial charge in [-0.3, -0.25) is 0 Å². The van der Waals surface area contributed by atoms with Crippen LogP contribution in [0.5, 0.6) is 0 Å². The SMILES string of the molecule is OCc1cnc(-c2ccc(Br)cc2Cl)[nH]1. The summed E-state index contributed by atoms with van der Waals surface area (Å²) in [6.07, 6.45) is 1.59. The highest BCUT2D eigenvalue weighted by Crippen LogP contribution is 2.28. The fourth-order valence-electron chi connectivity index (χ4n) is 1.26. The predicted octanol–water partition coefficient (Wildman–Crippen LogP) is 2.98. The van der Waals surface area contributed by atoms with Crippen LogP contribution < -0.4 is 0 Å². The van der Waals surface area contributed by atoms with Gasteiger partial charge in [0.05, 0.1) is 23.5 Å². The third kappa shape index (κ3) is 2.22. The molecule has 1 aromatic heterocycles. The van der Waals surface area contributed by atoms with E-state index in [-0.39, 0.29) is 6.61 Å². The second-order valence-electron chi connectivity index (χ2n) is 3.04. The Morgan fingerprint density at radius 2 is 2.27 bits per heavy atom. The van der Waals surface area contributed by atoms with Gasteiger partial charge < -0.3 is 10.1 Å². The molecule has 1 aromatic carbocycles. The quantitative estimate of drug-likeness (QED) is 0.892. The van der Waals surface area contributed by atoms with Gasteiger partial charge in [-0.05, 0) is 18.2 Å². The van der Waals surface area contributed by atoms with Crippen LogP contribution in [0.25, 0.3) is 11.4 Å². The van der Waals surface area contributed by atoms with Gasteiger partial charge in [0.1, 0.15) is 5.82 Å². The van der Waals surface area contributed by atoms with Crippen molar-refractivity contribution >= 4 is 27.5 Å². The second-order valence-corrected chi connectivity index (χ2v) is 4.36. The molecule has 0 bridgehead atoms. The molecule has 3 nitrogen and oxygen atoms in total. The summed E-state index contributed by atoms with van der Waals surface area (Å²) < 4.78 is 0.921. The first-order chi connectivity index (χ1) is 7.20. The molecular weight excluding hydrogens is 279 g/mol. The van der Waals surface area contributed by atoms with Crippen LogP contribution >= 0.6 is 27.5 Å². The van der Waals surface area contributed by atoms with E-state index in [0.29, 0.717) is 16.5 Å². The zero-order valence-corrected chi connectivity index (χ0v) is 10.0. The minimum Gasteiger partial charge on any atom is -0.390 e. The summed E-state index contributed by atoms with van der Waals surface area (Å²) in [7, 11) is 0. The summed E-state index contributed by atoms with van der Waals surface area (Å²) >= 11 is 9.40. The summed E-state index contributed by atoms with van der Waals surface area (Å²) in [4.78, 5) is 7.11. The number of aliphatic hydroxyl groups is 1. The molecule has 0 aliphatic carbocycles. The van der Waals surface area contributed by atoms with Crippen molar-refractivity contribution in [3.05, 3.63) is 39.6 Å². The van der Waals surface area contributed by atoms with Crippen LogP contribution in [0.15, 0.2) is 28.9 Å². The van der Waals surface area contributed by atoms with Gasteiger partial charge in [0, 0.05) is 10.0 Å². The second kappa shape index (κ2) is 4.35. The van der Waals surface area contributed by atoms with Crippen LogP contribution in [0.4, 0.5) is 0 Å². The molecule has 0 atom stereocenters. The largest absolute Gasteiger partial charge is 0.390 e. The van der Waals surface area contributed by atoms with E-state index in [1.165, 1.54) is 0 Å². The maximum atomic E-state index is 8.90. The number of aromatic nitrogens is 2. The molecule has 15 heavy (non-hydrogen) atoms. The molecular formula is C10H8BrClN2O. The number of nitrogens with zero attached hydrogens (tertiary/aromatic N) is 1. The van der Waals surface area contributed by atoms with Crippen molar-refractivity contribution in [1.82, 2.24) is 9.97 Å². The Hall–Kier alpha value is -0.840. The van der Waals surface area contributed by atoms with E-state index in [9.17, 15) is 0 Å². The van der Waals surface area contributed by atoms with Gasteiger partial charge in [-0.25, -0.2) is 4.98 Å². The van der Waals surface area contributed by atoms with E-state index in [0.717, 1.165) is 10.0 Å². The highest BCUT2D eigenvalue weighted by molar-refractivity contribution is 9.10. The number of nitrogens with one attached hydrogen (secondary N) is 1. The molecule has 0 fully saturated rings. The first-order valence-electron chi connectivity index (χ1n) is 4.31. The smallest absolute Gasteiger partial charge is 0.139 e. The predicted molar refractivity (Wildman–Crippen MR) is 62.7 cm³/mol. The lowest BCUT2D eigenvalue weighted by Gasteiger charge is -2.00. The van der Waals surface area contributed by atoms with Crippen LogP contribution in [0.3, 0.4) is 0 Å². The Morgan fingerprint density at radius 1 is 1.47 bits per heavy atom. The van der Waals surface area contributed by atoms with Crippen molar-refractivity contribution in [2.24, 2.45) is 0 Å². The van der Waals surface area contributed by atoms with E-state index < -0.39 is 0 Å². The average Bonchev–Trinajstić information content (AvgIpc) is 2.66. The molecule has 2 rings (SSSR count). The highest BCUT2D eigenvalue weighted by atomic mass is 79.9. The van der Waals surface area contributed by atoms with E-state index >= 15 is 0 Å². The molecule has 0 unspecified atom stereocenters. The molecule has 0 spiro atoms. The first-order valence-corrected chi connectivity index (χ1v) is 5.48. The Morgan fingerprint density at radius 3 is 2.87 bits per heavy atom. The van der Waals surface area contributed by atoms with Crippen molar-refractivity contribution < 1.29 is 5.11 Å². The Labute approximate surface area is 100 Å². The lowest BCUT2D eigenvalue weighted by Crippen LogP contribution is -1.84. The molecule has 5 heteroatoms. The minimum atomic E-state index is -0.0544. The monoisotopic (exact) mass is 286 g/mol. The van der Waals surface area contributed by atoms with Crippen molar-refractivity contribution in [3.8, 4) is 11.4 Å². The topological polar surface area (TPSA) is 48.9 Å². The molecule has 0 aliphatic heterocycles. The standard InChI is InChI=1S/C10H8BrClN2O/c11-6-1-2-8(9(12)3-6)10-13-4-7(5-15)14-10/h1-4,15H,5H2,(H,13,14). The fraction of sp³-hybridized carbons (Fsp3) is 0.100. The van der Waals surface area contributed by atoms with Crippen molar-refractivity contribution in [1.29, 1.82) is 0 Å². The summed E-state index contributed by atoms with van der Waals surface area (Å²) in [5.74, 6) is 0.663. The Balaban J connectivity index is 2.44. The molecule has 2 aromatic rings. The zero-order chi connectivity index (χ0) is 10.8. The molecule has 0 radical (unpaired) electrons. The van der Waals surface area contributed by atoms with Gasteiger partial charge in [0.15, 0.2) is 0 Å². The molecule has 0 amide bonds. The van der Waals surface area contributed by atoms with E-state index in [1.807, 2.05) is 12.1 Å². The van der Waals surface area contributed by atoms with Crippen molar-refractivity contribution in [3.63, 3.8) is 0 Å². The van der Waals surface area contributed by atoms with Gasteiger partial charge in [0.25, 0.3) is 0 Å². The van der Waals surface area contributed by atoms with Gasteiger partial charge in [-0.15, -0.1) is 0 Å². The summed E-state index contributed by atoms with van der Waals surface area (Å²) in [6, 6.07) is 5.56. The summed E-state index contributed by atoms with van der Waals surface area (Å²) in [5.41, 5.74) is 1.49. The fourth-order valence-corrected chi connectivity index (χ4v) is 2.02. The molecule has 0 saturated heterocycles. The molecule has 1 heterocycles. The van der Waals surface area contributed by atoms with Crippen LogP contribution in [-0.4, -0.2) is 15.1 Å². The third-order valence-corrected chi connectivity index (χ3v) is 2.79. The molecule has 0 saturated carbocycles. The Kier molecular flexibility index (Phi) is 3.09. The number of benzene rings is 1. The maximum Gasteiger partial charge on any atom is 0.139 e. The summed E-state index contributed by atoms with van der Waals surface area (Å²) in [5, 5.41) is 9.51. The number of imidazole rings is 1. The van der Waals surface area contributed by atoms with E-state index in [4.69, 9.17) is 16.7 Å². The zero-order valence-electron chi connectivity index (χ0n) is 7.67. The Bertz CT molecular complexity index is 484. The number of hydrogen-bond acceptors (Lipinski definition) is 2. The summed E-state index contributed by atoms with van der Waals surface area (Å²) in [6.45, 7) is -0.0544. The van der Waals surface area contributed by atoms with Crippen LogP contribution in [0.2, 0.25) is 5.02 Å². The van der Waals surface area contributed by atoms with Gasteiger partial charge in [-0.2, -0.15) is 0 Å². The molecule has 2 N–H and O–H groups in total. The lowest BCUT2D eigenvalue weighted by molar-refractivity contribution is 0.277.